The molecule has 0 aromatic heterocycles. The van der Waals surface area contributed by atoms with Crippen LogP contribution in [0.1, 0.15) is 28.3 Å². The summed E-state index contributed by atoms with van der Waals surface area (Å²) >= 11 is 0. The summed E-state index contributed by atoms with van der Waals surface area (Å²) in [5.74, 6) is 1.28. The van der Waals surface area contributed by atoms with Gasteiger partial charge in [0, 0.05) is 6.04 Å². The molecule has 1 N–H and O–H groups in total. The number of nitrogens with one attached hydrogen (secondary N) is 1. The maximum absolute atomic E-state index is 11.7. The highest BCUT2D eigenvalue weighted by atomic mass is 16.5. The Labute approximate surface area is 154 Å². The first kappa shape index (κ1) is 18.3. The number of fused-ring (bicyclic) bond motifs is 1. The number of methoxy groups -OCH3 is 3. The van der Waals surface area contributed by atoms with Gasteiger partial charge in [-0.05, 0) is 53.8 Å². The van der Waals surface area contributed by atoms with Gasteiger partial charge in [-0.3, -0.25) is 4.79 Å². The first-order chi connectivity index (χ1) is 12.7. The molecule has 0 saturated carbocycles. The summed E-state index contributed by atoms with van der Waals surface area (Å²) in [5, 5.41) is 3.59. The Kier molecular flexibility index (Phi) is 5.78. The van der Waals surface area contributed by atoms with Crippen molar-refractivity contribution >= 4 is 5.97 Å². The Morgan fingerprint density at radius 1 is 1.08 bits per heavy atom. The fourth-order valence-electron chi connectivity index (χ4n) is 3.53. The largest absolute Gasteiger partial charge is 0.493 e. The molecule has 1 atom stereocenters. The summed E-state index contributed by atoms with van der Waals surface area (Å²) in [6.07, 6.45) is 2.05. The van der Waals surface area contributed by atoms with E-state index < -0.39 is 0 Å². The van der Waals surface area contributed by atoms with Crippen molar-refractivity contribution < 1.29 is 19.0 Å². The Morgan fingerprint density at radius 3 is 2.46 bits per heavy atom. The van der Waals surface area contributed by atoms with Gasteiger partial charge in [0.1, 0.15) is 0 Å². The van der Waals surface area contributed by atoms with Gasteiger partial charge in [0.05, 0.1) is 27.8 Å². The van der Waals surface area contributed by atoms with Gasteiger partial charge in [-0.25, -0.2) is 0 Å². The molecule has 0 amide bonds. The van der Waals surface area contributed by atoms with Crippen molar-refractivity contribution in [1.29, 1.82) is 0 Å². The Balaban J connectivity index is 1.90. The van der Waals surface area contributed by atoms with E-state index in [1.807, 2.05) is 18.2 Å². The molecule has 1 unspecified atom stereocenters. The minimum atomic E-state index is -0.221. The molecule has 5 nitrogen and oxygen atoms in total. The van der Waals surface area contributed by atoms with Crippen LogP contribution < -0.4 is 14.8 Å². The highest BCUT2D eigenvalue weighted by Crippen LogP contribution is 2.36. The van der Waals surface area contributed by atoms with Crippen LogP contribution in [0, 0.1) is 0 Å². The van der Waals surface area contributed by atoms with E-state index in [0.717, 1.165) is 42.0 Å². The van der Waals surface area contributed by atoms with Crippen molar-refractivity contribution in [3.63, 3.8) is 0 Å². The third-order valence-corrected chi connectivity index (χ3v) is 4.91. The summed E-state index contributed by atoms with van der Waals surface area (Å²) in [6.45, 7) is 0.909. The van der Waals surface area contributed by atoms with Crippen LogP contribution in [0.25, 0.3) is 0 Å². The van der Waals surface area contributed by atoms with Crippen LogP contribution in [-0.4, -0.2) is 33.8 Å². The molecule has 138 valence electrons. The van der Waals surface area contributed by atoms with Gasteiger partial charge >= 0.3 is 5.97 Å². The molecule has 1 aliphatic heterocycles. The lowest BCUT2D eigenvalue weighted by Crippen LogP contribution is -2.31. The van der Waals surface area contributed by atoms with E-state index in [-0.39, 0.29) is 18.4 Å². The summed E-state index contributed by atoms with van der Waals surface area (Å²) in [6, 6.07) is 12.3. The fraction of sp³-hybridized carbons (Fsp3) is 0.381. The van der Waals surface area contributed by atoms with E-state index >= 15 is 0 Å². The lowest BCUT2D eigenvalue weighted by Gasteiger charge is -2.29. The lowest BCUT2D eigenvalue weighted by molar-refractivity contribution is -0.139. The van der Waals surface area contributed by atoms with Gasteiger partial charge in [-0.1, -0.05) is 24.3 Å². The number of carbonyl (C=O) groups is 1. The van der Waals surface area contributed by atoms with Crippen molar-refractivity contribution in [3.8, 4) is 11.5 Å². The van der Waals surface area contributed by atoms with Crippen LogP contribution in [-0.2, 0) is 28.8 Å². The number of rotatable bonds is 6. The van der Waals surface area contributed by atoms with E-state index in [1.165, 1.54) is 18.2 Å². The van der Waals surface area contributed by atoms with E-state index in [2.05, 4.69) is 23.5 Å². The van der Waals surface area contributed by atoms with Gasteiger partial charge < -0.3 is 19.5 Å². The number of hydrogen-bond donors (Lipinski definition) is 1. The second kappa shape index (κ2) is 8.23. The molecule has 0 spiro atoms. The lowest BCUT2D eigenvalue weighted by atomic mass is 9.88. The molecule has 0 radical (unpaired) electrons. The maximum Gasteiger partial charge on any atom is 0.309 e. The van der Waals surface area contributed by atoms with Gasteiger partial charge in [0.25, 0.3) is 0 Å². The van der Waals surface area contributed by atoms with Crippen LogP contribution >= 0.6 is 0 Å². The monoisotopic (exact) mass is 355 g/mol. The van der Waals surface area contributed by atoms with Crippen molar-refractivity contribution in [3.05, 3.63) is 58.7 Å². The van der Waals surface area contributed by atoms with E-state index in [4.69, 9.17) is 14.2 Å². The molecule has 0 aliphatic carbocycles. The summed E-state index contributed by atoms with van der Waals surface area (Å²) < 4.78 is 15.7. The number of benzene rings is 2. The van der Waals surface area contributed by atoms with Gasteiger partial charge in [0.2, 0.25) is 0 Å². The number of ether oxygens (including phenoxy) is 3. The van der Waals surface area contributed by atoms with E-state index in [0.29, 0.717) is 0 Å². The van der Waals surface area contributed by atoms with Gasteiger partial charge in [0.15, 0.2) is 11.5 Å². The van der Waals surface area contributed by atoms with E-state index in [9.17, 15) is 4.79 Å². The zero-order chi connectivity index (χ0) is 18.5. The topological polar surface area (TPSA) is 56.8 Å². The quantitative estimate of drug-likeness (QED) is 0.808. The smallest absolute Gasteiger partial charge is 0.309 e. The molecule has 1 heterocycles. The van der Waals surface area contributed by atoms with Gasteiger partial charge in [-0.2, -0.15) is 0 Å². The zero-order valence-corrected chi connectivity index (χ0v) is 15.5. The Hall–Kier alpha value is -2.53. The molecule has 0 saturated heterocycles. The Bertz CT molecular complexity index is 788. The highest BCUT2D eigenvalue weighted by Gasteiger charge is 2.23. The third kappa shape index (κ3) is 3.83. The molecule has 5 heteroatoms. The standard InChI is InChI=1S/C21H25NO4/c1-24-19-11-16-8-9-22-18(17(16)13-20(19)25-2)10-14-6-4-5-7-15(14)12-21(23)26-3/h4-7,11,13,18,22H,8-10,12H2,1-3H3. The first-order valence-corrected chi connectivity index (χ1v) is 8.78. The van der Waals surface area contributed by atoms with Crippen molar-refractivity contribution in [2.75, 3.05) is 27.9 Å². The molecule has 26 heavy (non-hydrogen) atoms. The van der Waals surface area contributed by atoms with Crippen molar-refractivity contribution in [2.45, 2.75) is 25.3 Å². The van der Waals surface area contributed by atoms with Crippen molar-refractivity contribution in [2.24, 2.45) is 0 Å². The third-order valence-electron chi connectivity index (χ3n) is 4.91. The molecule has 2 aromatic carbocycles. The number of esters is 1. The summed E-state index contributed by atoms with van der Waals surface area (Å²) in [4.78, 5) is 11.7. The van der Waals surface area contributed by atoms with Crippen LogP contribution in [0.15, 0.2) is 36.4 Å². The second-order valence-corrected chi connectivity index (χ2v) is 6.39. The normalized spacial score (nSPS) is 15.9. The maximum atomic E-state index is 11.7. The number of hydrogen-bond acceptors (Lipinski definition) is 5. The minimum absolute atomic E-state index is 0.164. The minimum Gasteiger partial charge on any atom is -0.493 e. The molecular weight excluding hydrogens is 330 g/mol. The van der Waals surface area contributed by atoms with Crippen LogP contribution in [0.2, 0.25) is 0 Å². The highest BCUT2D eigenvalue weighted by molar-refractivity contribution is 5.72. The second-order valence-electron chi connectivity index (χ2n) is 6.39. The van der Waals surface area contributed by atoms with Crippen molar-refractivity contribution in [1.82, 2.24) is 5.32 Å². The average molecular weight is 355 g/mol. The SMILES string of the molecule is COC(=O)Cc1ccccc1CC1NCCc2cc(OC)c(OC)cc21. The van der Waals surface area contributed by atoms with Crippen LogP contribution in [0.5, 0.6) is 11.5 Å². The average Bonchev–Trinajstić information content (AvgIpc) is 2.68. The molecule has 3 rings (SSSR count). The first-order valence-electron chi connectivity index (χ1n) is 8.78. The van der Waals surface area contributed by atoms with E-state index in [1.54, 1.807) is 14.2 Å². The molecular formula is C21H25NO4. The molecule has 0 bridgehead atoms. The summed E-state index contributed by atoms with van der Waals surface area (Å²) in [7, 11) is 4.73. The van der Waals surface area contributed by atoms with Crippen LogP contribution in [0.4, 0.5) is 0 Å². The van der Waals surface area contributed by atoms with Crippen LogP contribution in [0.3, 0.4) is 0 Å². The molecule has 2 aromatic rings. The predicted octanol–water partition coefficient (Wildman–Crippen LogP) is 2.85. The molecule has 0 fully saturated rings. The van der Waals surface area contributed by atoms with Gasteiger partial charge in [-0.15, -0.1) is 0 Å². The fourth-order valence-corrected chi connectivity index (χ4v) is 3.53. The Morgan fingerprint density at radius 2 is 1.77 bits per heavy atom. The summed E-state index contributed by atoms with van der Waals surface area (Å²) in [5.41, 5.74) is 4.66. The zero-order valence-electron chi connectivity index (χ0n) is 15.5. The number of carbonyl (C=O) groups excluding carboxylic acids is 1. The predicted molar refractivity (Wildman–Crippen MR) is 99.9 cm³/mol. The molecule has 1 aliphatic rings.